The molecule has 1 amide bonds. The van der Waals surface area contributed by atoms with Crippen molar-refractivity contribution in [2.24, 2.45) is 0 Å². The van der Waals surface area contributed by atoms with Gasteiger partial charge in [-0.05, 0) is 25.0 Å². The number of para-hydroxylation sites is 1. The lowest BCUT2D eigenvalue weighted by Crippen LogP contribution is -2.42. The highest BCUT2D eigenvalue weighted by atomic mass is 19.4. The number of alkyl halides is 3. The van der Waals surface area contributed by atoms with E-state index in [0.717, 1.165) is 18.9 Å². The van der Waals surface area contributed by atoms with Crippen LogP contribution in [0.15, 0.2) is 30.6 Å². The minimum atomic E-state index is -4.61. The molecule has 1 saturated carbocycles. The number of rotatable bonds is 4. The van der Waals surface area contributed by atoms with Crippen molar-refractivity contribution in [3.63, 3.8) is 0 Å². The molecular formula is C21H20F3N9O. The molecule has 13 heteroatoms. The normalized spacial score (nSPS) is 19.4. The first-order valence-electron chi connectivity index (χ1n) is 10.9. The Labute approximate surface area is 190 Å². The highest BCUT2D eigenvalue weighted by Gasteiger charge is 2.34. The first-order chi connectivity index (χ1) is 16.4. The number of fused-ring (bicyclic) bond motifs is 3. The van der Waals surface area contributed by atoms with E-state index in [2.05, 4.69) is 36.1 Å². The first kappa shape index (κ1) is 20.8. The van der Waals surface area contributed by atoms with Gasteiger partial charge >= 0.3 is 6.18 Å². The third-order valence-corrected chi connectivity index (χ3v) is 5.96. The zero-order valence-electron chi connectivity index (χ0n) is 17.8. The van der Waals surface area contributed by atoms with Crippen LogP contribution in [0.2, 0.25) is 0 Å². The van der Waals surface area contributed by atoms with Gasteiger partial charge in [-0.1, -0.05) is 6.07 Å². The molecule has 0 bridgehead atoms. The molecule has 0 unspecified atom stereocenters. The number of carbonyl (C=O) groups is 1. The Kier molecular flexibility index (Phi) is 4.69. The molecule has 34 heavy (non-hydrogen) atoms. The lowest BCUT2D eigenvalue weighted by atomic mass is 10.1. The summed E-state index contributed by atoms with van der Waals surface area (Å²) in [5.74, 6) is 0.0247. The Hall–Kier alpha value is -3.74. The second-order valence-electron chi connectivity index (χ2n) is 8.44. The summed E-state index contributed by atoms with van der Waals surface area (Å²) in [6.45, 7) is 1.32. The quantitative estimate of drug-likeness (QED) is 0.417. The van der Waals surface area contributed by atoms with Crippen LogP contribution in [0.5, 0.6) is 0 Å². The SMILES string of the molecule is O=C1NCCNC[C@H]1Nc1nc2c(C(F)(F)F)cccc2c2nc(-c3cnn(C4CC4)c3)nn12. The zero-order chi connectivity index (χ0) is 23.4. The second-order valence-corrected chi connectivity index (χ2v) is 8.44. The maximum absolute atomic E-state index is 13.8. The largest absolute Gasteiger partial charge is 0.418 e. The predicted molar refractivity (Wildman–Crippen MR) is 116 cm³/mol. The van der Waals surface area contributed by atoms with Crippen LogP contribution >= 0.6 is 0 Å². The maximum atomic E-state index is 13.8. The van der Waals surface area contributed by atoms with Crippen LogP contribution in [0.3, 0.4) is 0 Å². The van der Waals surface area contributed by atoms with Crippen LogP contribution in [0, 0.1) is 0 Å². The van der Waals surface area contributed by atoms with Crippen molar-refractivity contribution >= 4 is 28.4 Å². The molecule has 0 radical (unpaired) electrons. The molecule has 1 aromatic carbocycles. The summed E-state index contributed by atoms with van der Waals surface area (Å²) in [6, 6.07) is 3.44. The van der Waals surface area contributed by atoms with Gasteiger partial charge in [0.25, 0.3) is 0 Å². The number of anilines is 1. The predicted octanol–water partition coefficient (Wildman–Crippen LogP) is 1.99. The fraction of sp³-hybridized carbons (Fsp3) is 0.381. The minimum Gasteiger partial charge on any atom is -0.353 e. The van der Waals surface area contributed by atoms with Gasteiger partial charge in [0.2, 0.25) is 11.9 Å². The van der Waals surface area contributed by atoms with Crippen LogP contribution < -0.4 is 16.0 Å². The van der Waals surface area contributed by atoms with Crippen LogP contribution in [-0.2, 0) is 11.0 Å². The Morgan fingerprint density at radius 3 is 2.79 bits per heavy atom. The van der Waals surface area contributed by atoms with Crippen molar-refractivity contribution in [1.29, 1.82) is 0 Å². The summed E-state index contributed by atoms with van der Waals surface area (Å²) in [4.78, 5) is 21.3. The fourth-order valence-corrected chi connectivity index (χ4v) is 4.08. The van der Waals surface area contributed by atoms with Crippen molar-refractivity contribution in [3.05, 3.63) is 36.2 Å². The molecule has 3 N–H and O–H groups in total. The average molecular weight is 471 g/mol. The van der Waals surface area contributed by atoms with Gasteiger partial charge in [-0.2, -0.15) is 22.8 Å². The monoisotopic (exact) mass is 471 g/mol. The van der Waals surface area contributed by atoms with Crippen molar-refractivity contribution in [3.8, 4) is 11.4 Å². The molecule has 6 rings (SSSR count). The Bertz CT molecular complexity index is 1410. The second kappa shape index (κ2) is 7.65. The van der Waals surface area contributed by atoms with Gasteiger partial charge in [-0.3, -0.25) is 9.48 Å². The van der Waals surface area contributed by atoms with E-state index >= 15 is 0 Å². The van der Waals surface area contributed by atoms with Crippen molar-refractivity contribution in [2.45, 2.75) is 31.1 Å². The number of hydrogen-bond acceptors (Lipinski definition) is 7. The summed E-state index contributed by atoms with van der Waals surface area (Å²) < 4.78 is 44.6. The number of nitrogens with one attached hydrogen (secondary N) is 3. The number of benzene rings is 1. The molecule has 2 fully saturated rings. The number of nitrogens with zero attached hydrogens (tertiary/aromatic N) is 6. The molecule has 1 saturated heterocycles. The lowest BCUT2D eigenvalue weighted by molar-refractivity contribution is -0.136. The summed E-state index contributed by atoms with van der Waals surface area (Å²) >= 11 is 0. The molecule has 4 heterocycles. The highest BCUT2D eigenvalue weighted by Crippen LogP contribution is 2.37. The summed E-state index contributed by atoms with van der Waals surface area (Å²) in [6.07, 6.45) is 0.969. The topological polar surface area (TPSA) is 114 Å². The smallest absolute Gasteiger partial charge is 0.353 e. The molecule has 10 nitrogen and oxygen atoms in total. The summed E-state index contributed by atoms with van der Waals surface area (Å²) in [7, 11) is 0. The molecule has 176 valence electrons. The third kappa shape index (κ3) is 3.61. The average Bonchev–Trinajstić information content (AvgIpc) is 3.42. The molecule has 3 aromatic heterocycles. The van der Waals surface area contributed by atoms with Crippen molar-refractivity contribution in [2.75, 3.05) is 25.0 Å². The van der Waals surface area contributed by atoms with Gasteiger partial charge in [-0.15, -0.1) is 5.10 Å². The van der Waals surface area contributed by atoms with Gasteiger partial charge in [0.1, 0.15) is 6.04 Å². The van der Waals surface area contributed by atoms with Gasteiger partial charge in [-0.25, -0.2) is 9.97 Å². The zero-order valence-corrected chi connectivity index (χ0v) is 17.8. The van der Waals surface area contributed by atoms with E-state index in [1.165, 1.54) is 16.6 Å². The highest BCUT2D eigenvalue weighted by molar-refractivity contribution is 5.95. The van der Waals surface area contributed by atoms with E-state index < -0.39 is 17.8 Å². The van der Waals surface area contributed by atoms with Gasteiger partial charge in [0, 0.05) is 31.2 Å². The number of aromatic nitrogens is 6. The number of carbonyl (C=O) groups excluding carboxylic acids is 1. The van der Waals surface area contributed by atoms with Crippen LogP contribution in [0.4, 0.5) is 19.1 Å². The third-order valence-electron chi connectivity index (χ3n) is 5.96. The van der Waals surface area contributed by atoms with E-state index in [0.29, 0.717) is 30.5 Å². The maximum Gasteiger partial charge on any atom is 0.418 e. The molecule has 0 spiro atoms. The van der Waals surface area contributed by atoms with Crippen LogP contribution in [-0.4, -0.2) is 60.9 Å². The number of halogens is 3. The summed E-state index contributed by atoms with van der Waals surface area (Å²) in [5.41, 5.74) is -0.296. The number of amides is 1. The van der Waals surface area contributed by atoms with Crippen molar-refractivity contribution in [1.82, 2.24) is 40.0 Å². The molecule has 2 aliphatic rings. The van der Waals surface area contributed by atoms with Crippen molar-refractivity contribution < 1.29 is 18.0 Å². The fourth-order valence-electron chi connectivity index (χ4n) is 4.08. The minimum absolute atomic E-state index is 0.00335. The Morgan fingerprint density at radius 1 is 1.15 bits per heavy atom. The van der Waals surface area contributed by atoms with E-state index in [1.807, 2.05) is 10.9 Å². The van der Waals surface area contributed by atoms with Crippen LogP contribution in [0.1, 0.15) is 24.4 Å². The number of hydrogen-bond donors (Lipinski definition) is 3. The van der Waals surface area contributed by atoms with E-state index in [-0.39, 0.29) is 35.0 Å². The van der Waals surface area contributed by atoms with Gasteiger partial charge in [0.05, 0.1) is 28.9 Å². The van der Waals surface area contributed by atoms with Crippen LogP contribution in [0.25, 0.3) is 27.9 Å². The molecule has 4 aromatic rings. The van der Waals surface area contributed by atoms with E-state index in [9.17, 15) is 18.0 Å². The van der Waals surface area contributed by atoms with E-state index in [1.54, 1.807) is 6.20 Å². The standard InChI is InChI=1S/C21H20F3N9O/c22-21(23,24)14-3-1-2-13-16(14)29-20(28-15-9-25-6-7-26-19(15)34)33-18(13)30-17(31-33)11-8-27-32(10-11)12-4-5-12/h1-3,8,10,12,15,25H,4-7,9H2,(H,26,34)(H,28,29)/t15-/m1/s1. The summed E-state index contributed by atoms with van der Waals surface area (Å²) in [5, 5.41) is 17.9. The Balaban J connectivity index is 1.53. The Morgan fingerprint density at radius 2 is 2.00 bits per heavy atom. The van der Waals surface area contributed by atoms with Gasteiger partial charge in [0.15, 0.2) is 11.5 Å². The molecule has 1 atom stereocenters. The lowest BCUT2D eigenvalue weighted by Gasteiger charge is -2.17. The molecule has 1 aliphatic carbocycles. The van der Waals surface area contributed by atoms with E-state index in [4.69, 9.17) is 0 Å². The molecular weight excluding hydrogens is 451 g/mol. The van der Waals surface area contributed by atoms with Gasteiger partial charge < -0.3 is 16.0 Å². The molecule has 1 aliphatic heterocycles. The first-order valence-corrected chi connectivity index (χ1v) is 10.9.